The summed E-state index contributed by atoms with van der Waals surface area (Å²) in [5, 5.41) is 2.47. The number of rotatable bonds is 7. The van der Waals surface area contributed by atoms with Crippen molar-refractivity contribution < 1.29 is 22.7 Å². The Hall–Kier alpha value is -1.67. The van der Waals surface area contributed by atoms with E-state index in [9.17, 15) is 18.0 Å². The number of hydrogen-bond acceptors (Lipinski definition) is 3. The molecule has 0 saturated carbocycles. The summed E-state index contributed by atoms with van der Waals surface area (Å²) in [6.45, 7) is -1.48. The van der Waals surface area contributed by atoms with Crippen LogP contribution in [0.1, 0.15) is 11.1 Å². The van der Waals surface area contributed by atoms with Crippen molar-refractivity contribution in [2.75, 3.05) is 19.8 Å². The molecule has 0 aliphatic rings. The lowest BCUT2D eigenvalue weighted by Crippen LogP contribution is -2.30. The van der Waals surface area contributed by atoms with Gasteiger partial charge in [-0.3, -0.25) is 4.79 Å². The summed E-state index contributed by atoms with van der Waals surface area (Å²) in [4.78, 5) is 11.8. The molecule has 0 aromatic heterocycles. The number of hydrogen-bond donors (Lipinski definition) is 2. The molecule has 3 N–H and O–H groups in total. The predicted molar refractivity (Wildman–Crippen MR) is 75.9 cm³/mol. The minimum Gasteiger partial charge on any atom is -0.389 e. The standard InChI is InChI=1S/C13H15F3N2O2S/c14-13(15,16)8-20-6-5-18-11(19)7-9-1-3-10(4-2-9)12(17)21/h1-4H,5-8H2,(H2,17,21)(H,18,19). The molecule has 0 spiro atoms. The van der Waals surface area contributed by atoms with Crippen LogP contribution in [0.25, 0.3) is 0 Å². The second-order valence-electron chi connectivity index (χ2n) is 4.26. The van der Waals surface area contributed by atoms with E-state index in [2.05, 4.69) is 10.1 Å². The zero-order chi connectivity index (χ0) is 15.9. The van der Waals surface area contributed by atoms with Gasteiger partial charge in [0.25, 0.3) is 0 Å². The van der Waals surface area contributed by atoms with Crippen molar-refractivity contribution in [3.05, 3.63) is 35.4 Å². The highest BCUT2D eigenvalue weighted by Crippen LogP contribution is 2.13. The lowest BCUT2D eigenvalue weighted by Gasteiger charge is -2.08. The molecule has 1 amide bonds. The molecule has 21 heavy (non-hydrogen) atoms. The first-order valence-electron chi connectivity index (χ1n) is 6.08. The van der Waals surface area contributed by atoms with Crippen molar-refractivity contribution in [1.29, 1.82) is 0 Å². The molecule has 0 unspecified atom stereocenters. The maximum Gasteiger partial charge on any atom is 0.411 e. The Kier molecular flexibility index (Phi) is 6.57. The number of thiocarbonyl (C=S) groups is 1. The fraction of sp³-hybridized carbons (Fsp3) is 0.385. The fourth-order valence-corrected chi connectivity index (χ4v) is 1.62. The zero-order valence-electron chi connectivity index (χ0n) is 11.1. The number of carbonyl (C=O) groups is 1. The summed E-state index contributed by atoms with van der Waals surface area (Å²) in [6.07, 6.45) is -4.23. The van der Waals surface area contributed by atoms with Crippen LogP contribution < -0.4 is 11.1 Å². The molecular formula is C13H15F3N2O2S. The summed E-state index contributed by atoms with van der Waals surface area (Å²) >= 11 is 4.81. The summed E-state index contributed by atoms with van der Waals surface area (Å²) < 4.78 is 39.7. The lowest BCUT2D eigenvalue weighted by molar-refractivity contribution is -0.173. The number of alkyl halides is 3. The summed E-state index contributed by atoms with van der Waals surface area (Å²) in [5.74, 6) is -0.298. The predicted octanol–water partition coefficient (Wildman–Crippen LogP) is 1.56. The topological polar surface area (TPSA) is 64.4 Å². The van der Waals surface area contributed by atoms with Gasteiger partial charge in [-0.1, -0.05) is 36.5 Å². The zero-order valence-corrected chi connectivity index (χ0v) is 11.9. The van der Waals surface area contributed by atoms with Gasteiger partial charge in [-0.2, -0.15) is 13.2 Å². The highest BCUT2D eigenvalue weighted by molar-refractivity contribution is 7.80. The Morgan fingerprint density at radius 3 is 2.43 bits per heavy atom. The third kappa shape index (κ3) is 7.62. The Bertz CT molecular complexity index is 489. The van der Waals surface area contributed by atoms with Crippen molar-refractivity contribution in [1.82, 2.24) is 5.32 Å². The Balaban J connectivity index is 2.26. The largest absolute Gasteiger partial charge is 0.411 e. The van der Waals surface area contributed by atoms with Crippen LogP contribution in [0.2, 0.25) is 0 Å². The van der Waals surface area contributed by atoms with Crippen LogP contribution >= 0.6 is 12.2 Å². The summed E-state index contributed by atoms with van der Waals surface area (Å²) in [6, 6.07) is 6.84. The highest BCUT2D eigenvalue weighted by Gasteiger charge is 2.27. The van der Waals surface area contributed by atoms with E-state index >= 15 is 0 Å². The lowest BCUT2D eigenvalue weighted by atomic mass is 10.1. The minimum absolute atomic E-state index is 0.0277. The number of nitrogens with two attached hydrogens (primary N) is 1. The Labute approximate surface area is 125 Å². The second-order valence-corrected chi connectivity index (χ2v) is 4.70. The molecule has 0 atom stereocenters. The number of amides is 1. The molecule has 0 fully saturated rings. The molecule has 0 radical (unpaired) electrons. The molecule has 0 heterocycles. The van der Waals surface area contributed by atoms with E-state index in [0.717, 1.165) is 5.56 Å². The quantitative estimate of drug-likeness (QED) is 0.591. The van der Waals surface area contributed by atoms with Gasteiger partial charge in [0.05, 0.1) is 13.0 Å². The number of ether oxygens (including phenoxy) is 1. The van der Waals surface area contributed by atoms with E-state index < -0.39 is 12.8 Å². The average Bonchev–Trinajstić information content (AvgIpc) is 2.37. The third-order valence-electron chi connectivity index (χ3n) is 2.44. The molecular weight excluding hydrogens is 305 g/mol. The van der Waals surface area contributed by atoms with Crippen LogP contribution in [0.4, 0.5) is 13.2 Å². The first-order valence-corrected chi connectivity index (χ1v) is 6.49. The van der Waals surface area contributed by atoms with E-state index in [-0.39, 0.29) is 30.5 Å². The van der Waals surface area contributed by atoms with E-state index in [1.807, 2.05) is 0 Å². The monoisotopic (exact) mass is 320 g/mol. The van der Waals surface area contributed by atoms with E-state index in [4.69, 9.17) is 18.0 Å². The normalized spacial score (nSPS) is 11.2. The Morgan fingerprint density at radius 2 is 1.90 bits per heavy atom. The van der Waals surface area contributed by atoms with Gasteiger partial charge in [0.2, 0.25) is 5.91 Å². The third-order valence-corrected chi connectivity index (χ3v) is 2.67. The molecule has 0 saturated heterocycles. The SMILES string of the molecule is NC(=S)c1ccc(CC(=O)NCCOCC(F)(F)F)cc1. The van der Waals surface area contributed by atoms with Gasteiger partial charge in [0, 0.05) is 12.1 Å². The van der Waals surface area contributed by atoms with Gasteiger partial charge >= 0.3 is 6.18 Å². The minimum atomic E-state index is -4.35. The van der Waals surface area contributed by atoms with Gasteiger partial charge in [-0.25, -0.2) is 0 Å². The summed E-state index contributed by atoms with van der Waals surface area (Å²) in [5.41, 5.74) is 6.90. The first-order chi connectivity index (χ1) is 9.78. The fourth-order valence-electron chi connectivity index (χ4n) is 1.49. The van der Waals surface area contributed by atoms with E-state index in [1.54, 1.807) is 24.3 Å². The van der Waals surface area contributed by atoms with Crippen LogP contribution in [-0.4, -0.2) is 36.8 Å². The van der Waals surface area contributed by atoms with E-state index in [0.29, 0.717) is 5.56 Å². The molecule has 1 rings (SSSR count). The van der Waals surface area contributed by atoms with Gasteiger partial charge in [-0.15, -0.1) is 0 Å². The average molecular weight is 320 g/mol. The van der Waals surface area contributed by atoms with Crippen LogP contribution in [0.15, 0.2) is 24.3 Å². The van der Waals surface area contributed by atoms with Crippen molar-refractivity contribution in [2.24, 2.45) is 5.73 Å². The number of nitrogens with one attached hydrogen (secondary N) is 1. The maximum absolute atomic E-state index is 11.8. The molecule has 1 aromatic rings. The number of carbonyl (C=O) groups excluding carboxylic acids is 1. The molecule has 4 nitrogen and oxygen atoms in total. The van der Waals surface area contributed by atoms with Crippen molar-refractivity contribution in [2.45, 2.75) is 12.6 Å². The molecule has 116 valence electrons. The van der Waals surface area contributed by atoms with Crippen LogP contribution in [0.3, 0.4) is 0 Å². The maximum atomic E-state index is 11.8. The second kappa shape index (κ2) is 7.94. The molecule has 0 aliphatic carbocycles. The molecule has 8 heteroatoms. The van der Waals surface area contributed by atoms with Crippen molar-refractivity contribution in [3.63, 3.8) is 0 Å². The van der Waals surface area contributed by atoms with Crippen LogP contribution in [0.5, 0.6) is 0 Å². The van der Waals surface area contributed by atoms with Gasteiger partial charge in [-0.05, 0) is 5.56 Å². The first kappa shape index (κ1) is 17.4. The van der Waals surface area contributed by atoms with Gasteiger partial charge in [0.15, 0.2) is 0 Å². The van der Waals surface area contributed by atoms with Crippen molar-refractivity contribution in [3.8, 4) is 0 Å². The van der Waals surface area contributed by atoms with Crippen molar-refractivity contribution >= 4 is 23.1 Å². The van der Waals surface area contributed by atoms with Gasteiger partial charge < -0.3 is 15.8 Å². The summed E-state index contributed by atoms with van der Waals surface area (Å²) in [7, 11) is 0. The van der Waals surface area contributed by atoms with Crippen LogP contribution in [0, 0.1) is 0 Å². The molecule has 0 aliphatic heterocycles. The number of benzene rings is 1. The van der Waals surface area contributed by atoms with Gasteiger partial charge in [0.1, 0.15) is 11.6 Å². The molecule has 1 aromatic carbocycles. The smallest absolute Gasteiger partial charge is 0.389 e. The number of halogens is 3. The molecule has 0 bridgehead atoms. The Morgan fingerprint density at radius 1 is 1.29 bits per heavy atom. The highest BCUT2D eigenvalue weighted by atomic mass is 32.1. The van der Waals surface area contributed by atoms with Crippen LogP contribution in [-0.2, 0) is 16.0 Å². The van der Waals surface area contributed by atoms with E-state index in [1.165, 1.54) is 0 Å².